The van der Waals surface area contributed by atoms with Crippen LogP contribution in [0, 0.1) is 7.14 Å². The van der Waals surface area contributed by atoms with E-state index in [-0.39, 0.29) is 5.78 Å². The van der Waals surface area contributed by atoms with Crippen LogP contribution in [0.15, 0.2) is 18.2 Å². The smallest absolute Gasteiger partial charge is 0.163 e. The van der Waals surface area contributed by atoms with E-state index >= 15 is 0 Å². The topological polar surface area (TPSA) is 17.1 Å². The summed E-state index contributed by atoms with van der Waals surface area (Å²) >= 11 is 7.71. The molecule has 13 heavy (non-hydrogen) atoms. The zero-order chi connectivity index (χ0) is 9.84. The lowest BCUT2D eigenvalue weighted by Gasteiger charge is -2.00. The van der Waals surface area contributed by atoms with Crippen molar-refractivity contribution in [2.75, 3.05) is 5.33 Å². The molecule has 1 rings (SSSR count). The highest BCUT2D eigenvalue weighted by Gasteiger charge is 2.06. The number of ketones is 1. The minimum Gasteiger partial charge on any atom is -0.294 e. The maximum atomic E-state index is 11.5. The van der Waals surface area contributed by atoms with Crippen LogP contribution >= 0.6 is 61.1 Å². The second-order valence-corrected chi connectivity index (χ2v) is 5.80. The Morgan fingerprint density at radius 2 is 1.77 bits per heavy atom. The first kappa shape index (κ1) is 11.9. The van der Waals surface area contributed by atoms with Gasteiger partial charge in [0.1, 0.15) is 0 Å². The second kappa shape index (κ2) is 5.65. The molecule has 0 unspecified atom stereocenters. The molecule has 0 aliphatic carbocycles. The van der Waals surface area contributed by atoms with Crippen molar-refractivity contribution in [2.24, 2.45) is 0 Å². The van der Waals surface area contributed by atoms with Crippen LogP contribution in [0.25, 0.3) is 0 Å². The fourth-order valence-corrected chi connectivity index (χ4v) is 3.24. The average Bonchev–Trinajstić information content (AvgIpc) is 2.03. The van der Waals surface area contributed by atoms with Crippen molar-refractivity contribution in [3.8, 4) is 0 Å². The maximum Gasteiger partial charge on any atom is 0.163 e. The fraction of sp³-hybridized carbons (Fsp3) is 0.222. The van der Waals surface area contributed by atoms with E-state index in [2.05, 4.69) is 61.1 Å². The Morgan fingerprint density at radius 3 is 2.23 bits per heavy atom. The number of hydrogen-bond donors (Lipinski definition) is 0. The van der Waals surface area contributed by atoms with Crippen LogP contribution in [0.5, 0.6) is 0 Å². The van der Waals surface area contributed by atoms with Gasteiger partial charge in [-0.1, -0.05) is 15.9 Å². The summed E-state index contributed by atoms with van der Waals surface area (Å²) in [5.41, 5.74) is 0.816. The van der Waals surface area contributed by atoms with Gasteiger partial charge < -0.3 is 0 Å². The van der Waals surface area contributed by atoms with E-state index in [4.69, 9.17) is 0 Å². The Kier molecular flexibility index (Phi) is 5.17. The van der Waals surface area contributed by atoms with Gasteiger partial charge in [0, 0.05) is 24.5 Å². The highest BCUT2D eigenvalue weighted by atomic mass is 127. The zero-order valence-corrected chi connectivity index (χ0v) is 12.6. The number of alkyl halides is 1. The third kappa shape index (κ3) is 3.83. The van der Waals surface area contributed by atoms with Gasteiger partial charge in [0.15, 0.2) is 5.78 Å². The van der Waals surface area contributed by atoms with Gasteiger partial charge in [-0.15, -0.1) is 0 Å². The minimum absolute atomic E-state index is 0.202. The summed E-state index contributed by atoms with van der Waals surface area (Å²) in [5.74, 6) is 0.202. The lowest BCUT2D eigenvalue weighted by atomic mass is 10.1. The van der Waals surface area contributed by atoms with Crippen LogP contribution in [-0.2, 0) is 0 Å². The molecule has 4 heteroatoms. The van der Waals surface area contributed by atoms with Crippen molar-refractivity contribution in [3.63, 3.8) is 0 Å². The molecule has 0 spiro atoms. The molecule has 1 aromatic rings. The van der Waals surface area contributed by atoms with Crippen LogP contribution in [0.1, 0.15) is 16.8 Å². The molecule has 0 fully saturated rings. The van der Waals surface area contributed by atoms with Crippen molar-refractivity contribution in [2.45, 2.75) is 6.42 Å². The Morgan fingerprint density at radius 1 is 1.23 bits per heavy atom. The molecule has 0 aromatic heterocycles. The molecule has 0 saturated carbocycles. The monoisotopic (exact) mass is 464 g/mol. The number of hydrogen-bond acceptors (Lipinski definition) is 1. The molecular formula is C9H7BrI2O. The summed E-state index contributed by atoms with van der Waals surface area (Å²) < 4.78 is 2.23. The molecule has 0 aliphatic rings. The summed E-state index contributed by atoms with van der Waals surface area (Å²) in [6.45, 7) is 0. The van der Waals surface area contributed by atoms with Crippen molar-refractivity contribution in [1.82, 2.24) is 0 Å². The first-order valence-corrected chi connectivity index (χ1v) is 6.96. The van der Waals surface area contributed by atoms with Gasteiger partial charge in [0.2, 0.25) is 0 Å². The van der Waals surface area contributed by atoms with E-state index in [1.807, 2.05) is 18.2 Å². The van der Waals surface area contributed by atoms with Gasteiger partial charge in [-0.2, -0.15) is 0 Å². The summed E-state index contributed by atoms with van der Waals surface area (Å²) in [7, 11) is 0. The molecule has 0 amide bonds. The molecule has 0 bridgehead atoms. The number of carbonyl (C=O) groups is 1. The molecule has 0 heterocycles. The van der Waals surface area contributed by atoms with Gasteiger partial charge in [-0.05, 0) is 63.4 Å². The van der Waals surface area contributed by atoms with Crippen molar-refractivity contribution in [3.05, 3.63) is 30.9 Å². The summed E-state index contributed by atoms with van der Waals surface area (Å²) in [4.78, 5) is 11.5. The molecule has 1 nitrogen and oxygen atoms in total. The highest BCUT2D eigenvalue weighted by Crippen LogP contribution is 2.15. The third-order valence-electron chi connectivity index (χ3n) is 1.51. The summed E-state index contributed by atoms with van der Waals surface area (Å²) in [6, 6.07) is 5.90. The number of carbonyl (C=O) groups excluding carboxylic acids is 1. The zero-order valence-electron chi connectivity index (χ0n) is 6.69. The minimum atomic E-state index is 0.202. The van der Waals surface area contributed by atoms with Crippen molar-refractivity contribution >= 4 is 66.9 Å². The van der Waals surface area contributed by atoms with E-state index in [1.165, 1.54) is 0 Å². The van der Waals surface area contributed by atoms with Crippen LogP contribution < -0.4 is 0 Å². The van der Waals surface area contributed by atoms with Crippen LogP contribution in [0.2, 0.25) is 0 Å². The van der Waals surface area contributed by atoms with E-state index in [0.29, 0.717) is 6.42 Å². The predicted molar refractivity (Wildman–Crippen MR) is 74.6 cm³/mol. The Hall–Kier alpha value is 0.830. The molecule has 0 atom stereocenters. The van der Waals surface area contributed by atoms with Crippen molar-refractivity contribution in [1.29, 1.82) is 0 Å². The molecule has 0 saturated heterocycles. The Balaban J connectivity index is 2.94. The number of halogens is 3. The quantitative estimate of drug-likeness (QED) is 0.377. The van der Waals surface area contributed by atoms with E-state index in [0.717, 1.165) is 18.0 Å². The van der Waals surface area contributed by atoms with Crippen molar-refractivity contribution < 1.29 is 4.79 Å². The molecular weight excluding hydrogens is 458 g/mol. The van der Waals surface area contributed by atoms with E-state index in [1.54, 1.807) is 0 Å². The van der Waals surface area contributed by atoms with Gasteiger partial charge in [0.05, 0.1) is 0 Å². The molecule has 0 radical (unpaired) electrons. The summed E-state index contributed by atoms with van der Waals surface area (Å²) in [6.07, 6.45) is 0.566. The molecule has 70 valence electrons. The van der Waals surface area contributed by atoms with Gasteiger partial charge in [0.25, 0.3) is 0 Å². The van der Waals surface area contributed by atoms with E-state index < -0.39 is 0 Å². The number of Topliss-reactive ketones (excluding diaryl/α,β-unsaturated/α-hetero) is 1. The standard InChI is InChI=1S/C9H7BrI2O/c10-2-1-9(13)6-3-7(11)5-8(12)4-6/h3-5H,1-2H2. The van der Waals surface area contributed by atoms with Gasteiger partial charge in [-0.3, -0.25) is 4.79 Å². The summed E-state index contributed by atoms with van der Waals surface area (Å²) in [5, 5.41) is 0.730. The second-order valence-electron chi connectivity index (χ2n) is 2.52. The van der Waals surface area contributed by atoms with E-state index in [9.17, 15) is 4.79 Å². The molecule has 0 N–H and O–H groups in total. The van der Waals surface area contributed by atoms with Gasteiger partial charge >= 0.3 is 0 Å². The maximum absolute atomic E-state index is 11.5. The molecule has 0 aliphatic heterocycles. The van der Waals surface area contributed by atoms with Crippen LogP contribution in [0.3, 0.4) is 0 Å². The lowest BCUT2D eigenvalue weighted by Crippen LogP contribution is -2.00. The largest absolute Gasteiger partial charge is 0.294 e. The Labute approximate surface area is 113 Å². The number of rotatable bonds is 3. The average molecular weight is 465 g/mol. The number of benzene rings is 1. The first-order valence-electron chi connectivity index (χ1n) is 3.68. The highest BCUT2D eigenvalue weighted by molar-refractivity contribution is 14.1. The molecule has 1 aromatic carbocycles. The predicted octanol–water partition coefficient (Wildman–Crippen LogP) is 3.86. The normalized spacial score (nSPS) is 10.1. The van der Waals surface area contributed by atoms with Gasteiger partial charge in [-0.25, -0.2) is 0 Å². The Bertz CT molecular complexity index is 305. The van der Waals surface area contributed by atoms with Crippen LogP contribution in [0.4, 0.5) is 0 Å². The van der Waals surface area contributed by atoms with Crippen LogP contribution in [-0.4, -0.2) is 11.1 Å². The SMILES string of the molecule is O=C(CCBr)c1cc(I)cc(I)c1. The third-order valence-corrected chi connectivity index (χ3v) is 3.15. The first-order chi connectivity index (χ1) is 6.13. The lowest BCUT2D eigenvalue weighted by molar-refractivity contribution is 0.0989. The fourth-order valence-electron chi connectivity index (χ4n) is 0.945.